The van der Waals surface area contributed by atoms with Gasteiger partial charge in [0.2, 0.25) is 0 Å². The zero-order valence-electron chi connectivity index (χ0n) is 3.95. The van der Waals surface area contributed by atoms with E-state index in [4.69, 9.17) is 0 Å². The molecule has 0 aliphatic heterocycles. The maximum absolute atomic E-state index is 11.8. The van der Waals surface area contributed by atoms with E-state index in [1.165, 1.54) is 0 Å². The van der Waals surface area contributed by atoms with Crippen molar-refractivity contribution in [3.63, 3.8) is 0 Å². The van der Waals surface area contributed by atoms with Gasteiger partial charge < -0.3 is 0 Å². The summed E-state index contributed by atoms with van der Waals surface area (Å²) in [6.07, 6.45) is 0.448. The van der Waals surface area contributed by atoms with Gasteiger partial charge in [-0.25, -0.2) is 8.78 Å². The minimum Gasteiger partial charge on any atom is -0.207 e. The second kappa shape index (κ2) is 1.17. The summed E-state index contributed by atoms with van der Waals surface area (Å²) in [5.41, 5.74) is 0. The Kier molecular flexibility index (Phi) is 0.839. The van der Waals surface area contributed by atoms with E-state index in [9.17, 15) is 8.78 Å². The van der Waals surface area contributed by atoms with Crippen LogP contribution in [0.1, 0.15) is 12.8 Å². The normalized spacial score (nSPS) is 35.6. The molecule has 1 atom stereocenters. The molecule has 7 heavy (non-hydrogen) atoms. The van der Waals surface area contributed by atoms with Crippen LogP contribution in [0.5, 0.6) is 0 Å². The average Bonchev–Trinajstić information content (AvgIpc) is 2.13. The van der Waals surface area contributed by atoms with Gasteiger partial charge >= 0.3 is 0 Å². The third-order valence-electron chi connectivity index (χ3n) is 1.30. The molecular formula is C5H7F2. The van der Waals surface area contributed by atoms with E-state index in [-0.39, 0.29) is 6.42 Å². The molecular weight excluding hydrogens is 98.1 g/mol. The van der Waals surface area contributed by atoms with Crippen LogP contribution >= 0.6 is 0 Å². The zero-order valence-corrected chi connectivity index (χ0v) is 3.95. The molecule has 0 aromatic carbocycles. The highest BCUT2D eigenvalue weighted by Crippen LogP contribution is 2.50. The highest BCUT2D eigenvalue weighted by Gasteiger charge is 2.55. The average molecular weight is 105 g/mol. The van der Waals surface area contributed by atoms with Crippen molar-refractivity contribution in [2.75, 3.05) is 0 Å². The molecule has 0 bridgehead atoms. The van der Waals surface area contributed by atoms with Crippen molar-refractivity contribution in [1.82, 2.24) is 0 Å². The highest BCUT2D eigenvalue weighted by molar-refractivity contribution is 4.94. The number of hydrogen-bond acceptors (Lipinski definition) is 0. The summed E-state index contributed by atoms with van der Waals surface area (Å²) in [7, 11) is 0. The summed E-state index contributed by atoms with van der Waals surface area (Å²) in [5.74, 6) is -2.74. The molecule has 0 saturated heterocycles. The van der Waals surface area contributed by atoms with E-state index in [1.54, 1.807) is 0 Å². The first-order chi connectivity index (χ1) is 3.17. The first-order valence-corrected chi connectivity index (χ1v) is 2.34. The third kappa shape index (κ3) is 0.740. The molecule has 1 unspecified atom stereocenters. The summed E-state index contributed by atoms with van der Waals surface area (Å²) >= 11 is 0. The molecule has 0 heterocycles. The molecule has 0 nitrogen and oxygen atoms in total. The first kappa shape index (κ1) is 5.01. The molecule has 0 amide bonds. The van der Waals surface area contributed by atoms with Crippen LogP contribution in [0.15, 0.2) is 0 Å². The minimum absolute atomic E-state index is 0.0660. The lowest BCUT2D eigenvalue weighted by molar-refractivity contribution is 0.0993. The molecule has 0 aromatic rings. The van der Waals surface area contributed by atoms with E-state index >= 15 is 0 Å². The fourth-order valence-electron chi connectivity index (χ4n) is 0.583. The van der Waals surface area contributed by atoms with Gasteiger partial charge in [-0.2, -0.15) is 0 Å². The van der Waals surface area contributed by atoms with Crippen molar-refractivity contribution >= 4 is 0 Å². The molecule has 0 N–H and O–H groups in total. The predicted octanol–water partition coefficient (Wildman–Crippen LogP) is 1.87. The second-order valence-electron chi connectivity index (χ2n) is 1.95. The summed E-state index contributed by atoms with van der Waals surface area (Å²) in [5, 5.41) is 0. The maximum atomic E-state index is 11.8. The van der Waals surface area contributed by atoms with Crippen LogP contribution in [0.3, 0.4) is 0 Å². The third-order valence-corrected chi connectivity index (χ3v) is 1.30. The lowest BCUT2D eigenvalue weighted by atomic mass is 10.3. The van der Waals surface area contributed by atoms with E-state index in [0.29, 0.717) is 6.42 Å². The van der Waals surface area contributed by atoms with E-state index in [1.807, 2.05) is 0 Å². The van der Waals surface area contributed by atoms with Gasteiger partial charge in [0.05, 0.1) is 0 Å². The lowest BCUT2D eigenvalue weighted by Crippen LogP contribution is -1.90. The van der Waals surface area contributed by atoms with Crippen LogP contribution in [-0.2, 0) is 0 Å². The SMILES string of the molecule is [CH2]CC1CC1(F)F. The molecule has 0 spiro atoms. The molecule has 41 valence electrons. The van der Waals surface area contributed by atoms with Crippen LogP contribution in [0, 0.1) is 12.8 Å². The van der Waals surface area contributed by atoms with Gasteiger partial charge in [-0.1, -0.05) is 6.92 Å². The van der Waals surface area contributed by atoms with Gasteiger partial charge in [-0.05, 0) is 6.42 Å². The lowest BCUT2D eigenvalue weighted by Gasteiger charge is -1.87. The standard InChI is InChI=1S/C5H7F2/c1-2-4-3-5(4,6)7/h4H,1-3H2. The van der Waals surface area contributed by atoms with E-state index < -0.39 is 11.8 Å². The van der Waals surface area contributed by atoms with Crippen LogP contribution in [0.25, 0.3) is 0 Å². The number of halogens is 2. The Balaban J connectivity index is 2.30. The highest BCUT2D eigenvalue weighted by atomic mass is 19.3. The molecule has 1 fully saturated rings. The summed E-state index contributed by atoms with van der Waals surface area (Å²) in [6, 6.07) is 0. The number of alkyl halides is 2. The summed E-state index contributed by atoms with van der Waals surface area (Å²) < 4.78 is 23.5. The molecule has 1 aliphatic rings. The largest absolute Gasteiger partial charge is 0.251 e. The van der Waals surface area contributed by atoms with Crippen LogP contribution in [-0.4, -0.2) is 5.92 Å². The zero-order chi connectivity index (χ0) is 5.49. The number of hydrogen-bond donors (Lipinski definition) is 0. The van der Waals surface area contributed by atoms with Gasteiger partial charge in [0.15, 0.2) is 0 Å². The molecule has 2 heteroatoms. The first-order valence-electron chi connectivity index (χ1n) is 2.34. The van der Waals surface area contributed by atoms with Gasteiger partial charge in [-0.3, -0.25) is 0 Å². The van der Waals surface area contributed by atoms with Gasteiger partial charge in [0.25, 0.3) is 5.92 Å². The van der Waals surface area contributed by atoms with Crippen molar-refractivity contribution in [3.8, 4) is 0 Å². The van der Waals surface area contributed by atoms with Gasteiger partial charge in [0, 0.05) is 12.3 Å². The van der Waals surface area contributed by atoms with Crippen LogP contribution in [0.4, 0.5) is 8.78 Å². The smallest absolute Gasteiger partial charge is 0.207 e. The Hall–Kier alpha value is -0.140. The van der Waals surface area contributed by atoms with Crippen molar-refractivity contribution in [3.05, 3.63) is 6.92 Å². The molecule has 1 saturated carbocycles. The molecule has 1 rings (SSSR count). The van der Waals surface area contributed by atoms with Crippen molar-refractivity contribution in [1.29, 1.82) is 0 Å². The quantitative estimate of drug-likeness (QED) is 0.477. The Morgan fingerprint density at radius 2 is 2.14 bits per heavy atom. The van der Waals surface area contributed by atoms with E-state index in [0.717, 1.165) is 0 Å². The fraction of sp³-hybridized carbons (Fsp3) is 0.800. The predicted molar refractivity (Wildman–Crippen MR) is 23.0 cm³/mol. The Morgan fingerprint density at radius 1 is 1.71 bits per heavy atom. The van der Waals surface area contributed by atoms with Crippen molar-refractivity contribution < 1.29 is 8.78 Å². The topological polar surface area (TPSA) is 0 Å². The summed E-state index contributed by atoms with van der Waals surface area (Å²) in [6.45, 7) is 3.36. The Labute approximate surface area is 41.5 Å². The summed E-state index contributed by atoms with van der Waals surface area (Å²) in [4.78, 5) is 0. The van der Waals surface area contributed by atoms with Crippen LogP contribution < -0.4 is 0 Å². The minimum atomic E-state index is -2.35. The Bertz CT molecular complexity index is 78.1. The molecule has 1 radical (unpaired) electrons. The van der Waals surface area contributed by atoms with Crippen LogP contribution in [0.2, 0.25) is 0 Å². The maximum Gasteiger partial charge on any atom is 0.251 e. The van der Waals surface area contributed by atoms with Gasteiger partial charge in [-0.15, -0.1) is 0 Å². The molecule has 1 aliphatic carbocycles. The number of rotatable bonds is 1. The Morgan fingerprint density at radius 3 is 2.14 bits per heavy atom. The van der Waals surface area contributed by atoms with E-state index in [2.05, 4.69) is 6.92 Å². The monoisotopic (exact) mass is 105 g/mol. The molecule has 0 aromatic heterocycles. The second-order valence-corrected chi connectivity index (χ2v) is 1.95. The van der Waals surface area contributed by atoms with Crippen molar-refractivity contribution in [2.45, 2.75) is 18.8 Å². The fourth-order valence-corrected chi connectivity index (χ4v) is 0.583. The van der Waals surface area contributed by atoms with Crippen molar-refractivity contribution in [2.24, 2.45) is 5.92 Å². The van der Waals surface area contributed by atoms with Gasteiger partial charge in [0.1, 0.15) is 0 Å².